The molecule has 1 aromatic rings. The number of nitrogens with zero attached hydrogens (tertiary/aromatic N) is 1. The third-order valence-electron chi connectivity index (χ3n) is 4.18. The minimum atomic E-state index is 0.721. The first-order valence-electron chi connectivity index (χ1n) is 8.64. The Kier molecular flexibility index (Phi) is 8.37. The molecule has 0 bridgehead atoms. The summed E-state index contributed by atoms with van der Waals surface area (Å²) in [5, 5.41) is 0. The Balaban J connectivity index is 0.00000106. The van der Waals surface area contributed by atoms with Crippen molar-refractivity contribution >= 4 is 0 Å². The van der Waals surface area contributed by atoms with Gasteiger partial charge in [0.2, 0.25) is 0 Å². The van der Waals surface area contributed by atoms with Crippen molar-refractivity contribution in [2.45, 2.75) is 59.9 Å². The van der Waals surface area contributed by atoms with Gasteiger partial charge < -0.3 is 0 Å². The van der Waals surface area contributed by atoms with Gasteiger partial charge in [-0.3, -0.25) is 4.90 Å². The van der Waals surface area contributed by atoms with Crippen LogP contribution in [0.5, 0.6) is 0 Å². The van der Waals surface area contributed by atoms with E-state index < -0.39 is 0 Å². The molecule has 118 valence electrons. The quantitative estimate of drug-likeness (QED) is 0.638. The molecule has 1 saturated heterocycles. The van der Waals surface area contributed by atoms with Crippen LogP contribution in [0.15, 0.2) is 36.4 Å². The van der Waals surface area contributed by atoms with Gasteiger partial charge in [0.15, 0.2) is 0 Å². The fourth-order valence-corrected chi connectivity index (χ4v) is 3.01. The summed E-state index contributed by atoms with van der Waals surface area (Å²) in [6.45, 7) is 16.2. The van der Waals surface area contributed by atoms with Gasteiger partial charge in [-0.15, -0.1) is 0 Å². The minimum absolute atomic E-state index is 0.721. The third kappa shape index (κ3) is 6.05. The van der Waals surface area contributed by atoms with E-state index in [1.807, 2.05) is 13.8 Å². The summed E-state index contributed by atoms with van der Waals surface area (Å²) in [6.07, 6.45) is 5.08. The Morgan fingerprint density at radius 1 is 1.24 bits per heavy atom. The SMILES string of the molecule is C=C(CCC)C1CCCN(Cc2ccc(C)cc2)C1.CC. The molecule has 1 aliphatic heterocycles. The van der Waals surface area contributed by atoms with Gasteiger partial charge in [0.1, 0.15) is 0 Å². The first-order valence-corrected chi connectivity index (χ1v) is 8.64. The van der Waals surface area contributed by atoms with Crippen molar-refractivity contribution in [2.75, 3.05) is 13.1 Å². The predicted molar refractivity (Wildman–Crippen MR) is 94.6 cm³/mol. The van der Waals surface area contributed by atoms with Crippen LogP contribution in [-0.2, 0) is 6.54 Å². The zero-order chi connectivity index (χ0) is 15.7. The van der Waals surface area contributed by atoms with Crippen LogP contribution in [-0.4, -0.2) is 18.0 Å². The molecular formula is C20H33N. The smallest absolute Gasteiger partial charge is 0.0233 e. The maximum absolute atomic E-state index is 4.29. The molecule has 1 heterocycles. The molecule has 21 heavy (non-hydrogen) atoms. The van der Waals surface area contributed by atoms with Gasteiger partial charge in [-0.25, -0.2) is 0 Å². The highest BCUT2D eigenvalue weighted by atomic mass is 15.1. The summed E-state index contributed by atoms with van der Waals surface area (Å²) in [4.78, 5) is 2.60. The molecule has 0 aliphatic carbocycles. The number of benzene rings is 1. The van der Waals surface area contributed by atoms with Gasteiger partial charge >= 0.3 is 0 Å². The highest BCUT2D eigenvalue weighted by Gasteiger charge is 2.21. The zero-order valence-corrected chi connectivity index (χ0v) is 14.5. The first kappa shape index (κ1) is 18.0. The summed E-state index contributed by atoms with van der Waals surface area (Å²) < 4.78 is 0. The Hall–Kier alpha value is -1.08. The fraction of sp³-hybridized carbons (Fsp3) is 0.600. The average molecular weight is 287 g/mol. The number of likely N-dealkylation sites (tertiary alicyclic amines) is 1. The van der Waals surface area contributed by atoms with Gasteiger partial charge in [0.05, 0.1) is 0 Å². The molecule has 1 aliphatic rings. The molecule has 2 rings (SSSR count). The van der Waals surface area contributed by atoms with Crippen molar-refractivity contribution in [3.05, 3.63) is 47.5 Å². The van der Waals surface area contributed by atoms with Crippen LogP contribution in [0.4, 0.5) is 0 Å². The molecule has 0 radical (unpaired) electrons. The lowest BCUT2D eigenvalue weighted by atomic mass is 9.89. The Labute approximate surface area is 132 Å². The van der Waals surface area contributed by atoms with Gasteiger partial charge in [0.25, 0.3) is 0 Å². The lowest BCUT2D eigenvalue weighted by molar-refractivity contribution is 0.182. The van der Waals surface area contributed by atoms with Gasteiger partial charge in [-0.05, 0) is 44.2 Å². The van der Waals surface area contributed by atoms with E-state index in [0.29, 0.717) is 0 Å². The first-order chi connectivity index (χ1) is 10.2. The van der Waals surface area contributed by atoms with Crippen LogP contribution in [0.25, 0.3) is 0 Å². The van der Waals surface area contributed by atoms with Crippen molar-refractivity contribution in [1.82, 2.24) is 4.90 Å². The number of rotatable bonds is 5. The number of hydrogen-bond donors (Lipinski definition) is 0. The molecule has 0 aromatic heterocycles. The molecule has 0 spiro atoms. The lowest BCUT2D eigenvalue weighted by Crippen LogP contribution is -2.35. The normalized spacial score (nSPS) is 18.8. The van der Waals surface area contributed by atoms with E-state index in [1.165, 1.54) is 55.5 Å². The van der Waals surface area contributed by atoms with Crippen LogP contribution in [0.2, 0.25) is 0 Å². The Morgan fingerprint density at radius 3 is 2.52 bits per heavy atom. The molecule has 1 heteroatoms. The lowest BCUT2D eigenvalue weighted by Gasteiger charge is -2.34. The maximum Gasteiger partial charge on any atom is 0.0233 e. The standard InChI is InChI=1S/C18H27N.C2H6/c1-4-6-16(3)18-7-5-12-19(14-18)13-17-10-8-15(2)9-11-17;1-2/h8-11,18H,3-7,12-14H2,1-2H3;1-2H3. The van der Waals surface area contributed by atoms with E-state index >= 15 is 0 Å². The van der Waals surface area contributed by atoms with Crippen molar-refractivity contribution in [3.63, 3.8) is 0 Å². The van der Waals surface area contributed by atoms with Crippen molar-refractivity contribution in [3.8, 4) is 0 Å². The van der Waals surface area contributed by atoms with Crippen LogP contribution < -0.4 is 0 Å². The Bertz CT molecular complexity index is 404. The second-order valence-corrected chi connectivity index (χ2v) is 5.97. The monoisotopic (exact) mass is 287 g/mol. The molecule has 0 saturated carbocycles. The second-order valence-electron chi connectivity index (χ2n) is 5.97. The van der Waals surface area contributed by atoms with Crippen molar-refractivity contribution < 1.29 is 0 Å². The van der Waals surface area contributed by atoms with Gasteiger partial charge in [0, 0.05) is 13.1 Å². The number of piperidine rings is 1. The van der Waals surface area contributed by atoms with E-state index in [4.69, 9.17) is 0 Å². The maximum atomic E-state index is 4.29. The molecular weight excluding hydrogens is 254 g/mol. The molecule has 0 amide bonds. The van der Waals surface area contributed by atoms with Crippen LogP contribution in [0.1, 0.15) is 57.6 Å². The van der Waals surface area contributed by atoms with Crippen molar-refractivity contribution in [1.29, 1.82) is 0 Å². The van der Waals surface area contributed by atoms with E-state index in [2.05, 4.69) is 49.6 Å². The van der Waals surface area contributed by atoms with E-state index in [1.54, 1.807) is 0 Å². The minimum Gasteiger partial charge on any atom is -0.298 e. The molecule has 1 atom stereocenters. The molecule has 1 fully saturated rings. The summed E-state index contributed by atoms with van der Waals surface area (Å²) in [5.74, 6) is 0.721. The van der Waals surface area contributed by atoms with Gasteiger partial charge in [-0.2, -0.15) is 0 Å². The number of hydrogen-bond acceptors (Lipinski definition) is 1. The number of aryl methyl sites for hydroxylation is 1. The molecule has 0 N–H and O–H groups in total. The van der Waals surface area contributed by atoms with Crippen LogP contribution in [0, 0.1) is 12.8 Å². The average Bonchev–Trinajstić information content (AvgIpc) is 2.52. The highest BCUT2D eigenvalue weighted by Crippen LogP contribution is 2.26. The van der Waals surface area contributed by atoms with E-state index in [0.717, 1.165) is 12.5 Å². The van der Waals surface area contributed by atoms with E-state index in [9.17, 15) is 0 Å². The summed E-state index contributed by atoms with van der Waals surface area (Å²) in [6, 6.07) is 8.96. The molecule has 1 aromatic carbocycles. The third-order valence-corrected chi connectivity index (χ3v) is 4.18. The van der Waals surface area contributed by atoms with Crippen molar-refractivity contribution in [2.24, 2.45) is 5.92 Å². The largest absolute Gasteiger partial charge is 0.298 e. The fourth-order valence-electron chi connectivity index (χ4n) is 3.01. The van der Waals surface area contributed by atoms with Gasteiger partial charge in [-0.1, -0.05) is 69.2 Å². The van der Waals surface area contributed by atoms with Crippen LogP contribution >= 0.6 is 0 Å². The topological polar surface area (TPSA) is 3.24 Å². The Morgan fingerprint density at radius 2 is 1.90 bits per heavy atom. The molecule has 1 unspecified atom stereocenters. The van der Waals surface area contributed by atoms with Crippen LogP contribution in [0.3, 0.4) is 0 Å². The highest BCUT2D eigenvalue weighted by molar-refractivity contribution is 5.21. The predicted octanol–water partition coefficient (Wildman–Crippen LogP) is 5.59. The second kappa shape index (κ2) is 9.78. The summed E-state index contributed by atoms with van der Waals surface area (Å²) >= 11 is 0. The summed E-state index contributed by atoms with van der Waals surface area (Å²) in [7, 11) is 0. The molecule has 1 nitrogen and oxygen atoms in total. The van der Waals surface area contributed by atoms with E-state index in [-0.39, 0.29) is 0 Å². The zero-order valence-electron chi connectivity index (χ0n) is 14.5. The summed E-state index contributed by atoms with van der Waals surface area (Å²) in [5.41, 5.74) is 4.25.